The molecule has 0 aliphatic heterocycles. The maximum atomic E-state index is 11.6. The fourth-order valence-corrected chi connectivity index (χ4v) is 1.60. The van der Waals surface area contributed by atoms with Gasteiger partial charge >= 0.3 is 0 Å². The molecule has 1 saturated carbocycles. The Labute approximate surface area is 88.5 Å². The number of hydrogen-bond donors (Lipinski definition) is 1. The van der Waals surface area contributed by atoms with Crippen LogP contribution in [0.2, 0.25) is 0 Å². The molecule has 3 nitrogen and oxygen atoms in total. The second kappa shape index (κ2) is 4.26. The molecule has 1 N–H and O–H groups in total. The fourth-order valence-electron chi connectivity index (χ4n) is 1.60. The normalized spacial score (nSPS) is 15.5. The molecular weight excluding hydrogens is 190 g/mol. The highest BCUT2D eigenvalue weighted by atomic mass is 16.2. The van der Waals surface area contributed by atoms with Gasteiger partial charge in [0.25, 0.3) is 0 Å². The smallest absolute Gasteiger partial charge is 0.227 e. The van der Waals surface area contributed by atoms with Crippen LogP contribution in [0.4, 0.5) is 5.69 Å². The zero-order chi connectivity index (χ0) is 10.7. The average Bonchev–Trinajstić information content (AvgIpc) is 2.15. The largest absolute Gasteiger partial charge is 0.326 e. The van der Waals surface area contributed by atoms with E-state index in [1.54, 1.807) is 24.3 Å². The minimum Gasteiger partial charge on any atom is -0.326 e. The average molecular weight is 203 g/mol. The predicted octanol–water partition coefficient (Wildman–Crippen LogP) is 2.24. The van der Waals surface area contributed by atoms with E-state index in [9.17, 15) is 9.59 Å². The summed E-state index contributed by atoms with van der Waals surface area (Å²) in [7, 11) is 0. The van der Waals surface area contributed by atoms with Crippen LogP contribution in [0, 0.1) is 5.92 Å². The summed E-state index contributed by atoms with van der Waals surface area (Å²) in [4.78, 5) is 22.1. The Kier molecular flexibility index (Phi) is 2.81. The monoisotopic (exact) mass is 203 g/mol. The van der Waals surface area contributed by atoms with E-state index in [1.165, 1.54) is 0 Å². The van der Waals surface area contributed by atoms with Gasteiger partial charge in [0.05, 0.1) is 0 Å². The molecule has 1 amide bonds. The van der Waals surface area contributed by atoms with E-state index >= 15 is 0 Å². The SMILES string of the molecule is O=Cc1cccc(NC(=O)C2CCC2)c1. The van der Waals surface area contributed by atoms with Crippen molar-refractivity contribution in [2.45, 2.75) is 19.3 Å². The highest BCUT2D eigenvalue weighted by molar-refractivity contribution is 5.93. The Bertz CT molecular complexity index is 383. The Hall–Kier alpha value is -1.64. The minimum atomic E-state index is 0.0734. The van der Waals surface area contributed by atoms with Crippen molar-refractivity contribution in [2.75, 3.05) is 5.32 Å². The standard InChI is InChI=1S/C12H13NO2/c14-8-9-3-1-6-11(7-9)13-12(15)10-4-2-5-10/h1,3,6-8,10H,2,4-5H2,(H,13,15). The van der Waals surface area contributed by atoms with Gasteiger partial charge in [-0.25, -0.2) is 0 Å². The van der Waals surface area contributed by atoms with Crippen LogP contribution in [0.25, 0.3) is 0 Å². The van der Waals surface area contributed by atoms with Crippen LogP contribution in [0.3, 0.4) is 0 Å². The molecule has 2 rings (SSSR count). The number of amides is 1. The van der Waals surface area contributed by atoms with E-state index in [0.717, 1.165) is 25.5 Å². The molecule has 1 fully saturated rings. The van der Waals surface area contributed by atoms with Crippen molar-refractivity contribution >= 4 is 17.9 Å². The number of nitrogens with one attached hydrogen (secondary N) is 1. The first kappa shape index (κ1) is 9.90. The van der Waals surface area contributed by atoms with E-state index in [0.29, 0.717) is 11.3 Å². The summed E-state index contributed by atoms with van der Waals surface area (Å²) in [5, 5.41) is 2.82. The Morgan fingerprint density at radius 3 is 2.80 bits per heavy atom. The van der Waals surface area contributed by atoms with Gasteiger partial charge in [0.2, 0.25) is 5.91 Å². The predicted molar refractivity (Wildman–Crippen MR) is 57.8 cm³/mol. The van der Waals surface area contributed by atoms with Crippen LogP contribution in [0.15, 0.2) is 24.3 Å². The van der Waals surface area contributed by atoms with Crippen molar-refractivity contribution in [3.63, 3.8) is 0 Å². The molecule has 1 aromatic rings. The highest BCUT2D eigenvalue weighted by Gasteiger charge is 2.24. The summed E-state index contributed by atoms with van der Waals surface area (Å²) in [5.74, 6) is 0.245. The van der Waals surface area contributed by atoms with Crippen molar-refractivity contribution in [2.24, 2.45) is 5.92 Å². The Morgan fingerprint density at radius 1 is 1.40 bits per heavy atom. The molecule has 0 spiro atoms. The molecule has 3 heteroatoms. The van der Waals surface area contributed by atoms with E-state index < -0.39 is 0 Å². The summed E-state index contributed by atoms with van der Waals surface area (Å²) < 4.78 is 0. The van der Waals surface area contributed by atoms with Crippen molar-refractivity contribution in [1.82, 2.24) is 0 Å². The lowest BCUT2D eigenvalue weighted by Gasteiger charge is -2.24. The molecule has 78 valence electrons. The highest BCUT2D eigenvalue weighted by Crippen LogP contribution is 2.27. The fraction of sp³-hybridized carbons (Fsp3) is 0.333. The van der Waals surface area contributed by atoms with Crippen molar-refractivity contribution in [1.29, 1.82) is 0 Å². The van der Waals surface area contributed by atoms with Crippen molar-refractivity contribution in [3.05, 3.63) is 29.8 Å². The molecule has 0 bridgehead atoms. The second-order valence-electron chi connectivity index (χ2n) is 3.86. The van der Waals surface area contributed by atoms with Gasteiger partial charge in [-0.15, -0.1) is 0 Å². The maximum absolute atomic E-state index is 11.6. The van der Waals surface area contributed by atoms with Crippen LogP contribution in [0.5, 0.6) is 0 Å². The van der Waals surface area contributed by atoms with Gasteiger partial charge in [0.15, 0.2) is 0 Å². The zero-order valence-corrected chi connectivity index (χ0v) is 8.40. The van der Waals surface area contributed by atoms with Crippen LogP contribution in [-0.2, 0) is 4.79 Å². The molecule has 0 unspecified atom stereocenters. The van der Waals surface area contributed by atoms with E-state index in [2.05, 4.69) is 5.32 Å². The van der Waals surface area contributed by atoms with Gasteiger partial charge in [-0.2, -0.15) is 0 Å². The molecule has 0 aromatic heterocycles. The maximum Gasteiger partial charge on any atom is 0.227 e. The van der Waals surface area contributed by atoms with E-state index in [4.69, 9.17) is 0 Å². The summed E-state index contributed by atoms with van der Waals surface area (Å²) in [6.07, 6.45) is 3.89. The third-order valence-corrected chi connectivity index (χ3v) is 2.77. The summed E-state index contributed by atoms with van der Waals surface area (Å²) in [5.41, 5.74) is 1.29. The molecule has 0 radical (unpaired) electrons. The number of hydrogen-bond acceptors (Lipinski definition) is 2. The summed E-state index contributed by atoms with van der Waals surface area (Å²) in [6.45, 7) is 0. The lowest BCUT2D eigenvalue weighted by Crippen LogP contribution is -2.28. The Morgan fingerprint density at radius 2 is 2.20 bits per heavy atom. The Balaban J connectivity index is 2.02. The van der Waals surface area contributed by atoms with E-state index in [1.807, 2.05) is 0 Å². The number of carbonyl (C=O) groups excluding carboxylic acids is 2. The number of aldehydes is 1. The molecule has 1 aromatic carbocycles. The summed E-state index contributed by atoms with van der Waals surface area (Å²) >= 11 is 0. The third-order valence-electron chi connectivity index (χ3n) is 2.77. The summed E-state index contributed by atoms with van der Waals surface area (Å²) in [6, 6.07) is 6.96. The van der Waals surface area contributed by atoms with Crippen LogP contribution in [0.1, 0.15) is 29.6 Å². The molecule has 0 saturated heterocycles. The molecule has 1 aliphatic carbocycles. The van der Waals surface area contributed by atoms with Gasteiger partial charge in [-0.1, -0.05) is 18.6 Å². The molecule has 0 heterocycles. The first-order valence-electron chi connectivity index (χ1n) is 5.16. The van der Waals surface area contributed by atoms with Gasteiger partial charge in [0, 0.05) is 17.2 Å². The lowest BCUT2D eigenvalue weighted by molar-refractivity contribution is -0.122. The van der Waals surface area contributed by atoms with Gasteiger partial charge in [-0.05, 0) is 25.0 Å². The minimum absolute atomic E-state index is 0.0734. The van der Waals surface area contributed by atoms with Crippen molar-refractivity contribution in [3.8, 4) is 0 Å². The second-order valence-corrected chi connectivity index (χ2v) is 3.86. The topological polar surface area (TPSA) is 46.2 Å². The number of benzene rings is 1. The first-order valence-corrected chi connectivity index (χ1v) is 5.16. The molecule has 0 atom stereocenters. The van der Waals surface area contributed by atoms with Crippen LogP contribution < -0.4 is 5.32 Å². The zero-order valence-electron chi connectivity index (χ0n) is 8.40. The lowest BCUT2D eigenvalue weighted by atomic mass is 9.85. The first-order chi connectivity index (χ1) is 7.29. The van der Waals surface area contributed by atoms with Gasteiger partial charge in [-0.3, -0.25) is 9.59 Å². The van der Waals surface area contributed by atoms with Crippen LogP contribution >= 0.6 is 0 Å². The van der Waals surface area contributed by atoms with Crippen LogP contribution in [-0.4, -0.2) is 12.2 Å². The van der Waals surface area contributed by atoms with Gasteiger partial charge < -0.3 is 5.32 Å². The number of carbonyl (C=O) groups is 2. The van der Waals surface area contributed by atoms with E-state index in [-0.39, 0.29) is 11.8 Å². The number of rotatable bonds is 3. The quantitative estimate of drug-likeness (QED) is 0.766. The number of anilines is 1. The van der Waals surface area contributed by atoms with Crippen molar-refractivity contribution < 1.29 is 9.59 Å². The molecule has 15 heavy (non-hydrogen) atoms. The van der Waals surface area contributed by atoms with Gasteiger partial charge in [0.1, 0.15) is 6.29 Å². The molecule has 1 aliphatic rings. The third kappa shape index (κ3) is 2.24. The molecular formula is C12H13NO2.